The van der Waals surface area contributed by atoms with Gasteiger partial charge in [-0.15, -0.1) is 0 Å². The number of hydrazone groups is 1. The standard InChI is InChI=1S/C24H28N6O3/c1-14-22(18-8-11-20(32-4)21(12-18)33-5)23-26-15(2)27-24(30(23)29-14)25-13-17-6-9-19(10-7-17)28-16(3)31/h6-12,22-23H,13H2,1-5H3,(H,28,31)(H,25,26,27). The van der Waals surface area contributed by atoms with Crippen molar-refractivity contribution < 1.29 is 14.3 Å². The van der Waals surface area contributed by atoms with E-state index in [0.717, 1.165) is 28.4 Å². The lowest BCUT2D eigenvalue weighted by atomic mass is 9.92. The molecule has 0 saturated heterocycles. The summed E-state index contributed by atoms with van der Waals surface area (Å²) < 4.78 is 10.9. The molecule has 9 heteroatoms. The summed E-state index contributed by atoms with van der Waals surface area (Å²) in [7, 11) is 3.25. The summed E-state index contributed by atoms with van der Waals surface area (Å²) in [6, 6.07) is 13.5. The van der Waals surface area contributed by atoms with Crippen LogP contribution in [0.1, 0.15) is 37.8 Å². The molecule has 0 radical (unpaired) electrons. The lowest BCUT2D eigenvalue weighted by molar-refractivity contribution is -0.114. The fourth-order valence-electron chi connectivity index (χ4n) is 4.03. The summed E-state index contributed by atoms with van der Waals surface area (Å²) in [5, 5.41) is 12.6. The van der Waals surface area contributed by atoms with Crippen molar-refractivity contribution in [2.24, 2.45) is 15.1 Å². The van der Waals surface area contributed by atoms with Gasteiger partial charge in [0.1, 0.15) is 5.84 Å². The SMILES string of the molecule is COc1ccc(C2C(C)=NN3C(=NCc4ccc(NC(C)=O)cc4)NC(C)=NC23)cc1OC. The fraction of sp³-hybridized carbons (Fsp3) is 0.333. The summed E-state index contributed by atoms with van der Waals surface area (Å²) >= 11 is 0. The third kappa shape index (κ3) is 4.67. The predicted molar refractivity (Wildman–Crippen MR) is 129 cm³/mol. The molecular formula is C24H28N6O3. The molecule has 0 fully saturated rings. The normalized spacial score (nSPS) is 20.5. The van der Waals surface area contributed by atoms with Gasteiger partial charge in [-0.25, -0.2) is 15.0 Å². The van der Waals surface area contributed by atoms with E-state index in [4.69, 9.17) is 24.6 Å². The first kappa shape index (κ1) is 22.3. The number of carbonyl (C=O) groups excluding carboxylic acids is 1. The van der Waals surface area contributed by atoms with Gasteiger partial charge < -0.3 is 20.1 Å². The molecular weight excluding hydrogens is 420 g/mol. The maximum atomic E-state index is 11.2. The minimum Gasteiger partial charge on any atom is -0.493 e. The number of hydrogen-bond donors (Lipinski definition) is 2. The van der Waals surface area contributed by atoms with Crippen molar-refractivity contribution in [2.45, 2.75) is 39.4 Å². The van der Waals surface area contributed by atoms with Gasteiger partial charge in [0.2, 0.25) is 11.9 Å². The van der Waals surface area contributed by atoms with Gasteiger partial charge in [-0.1, -0.05) is 18.2 Å². The number of aliphatic imine (C=N–C) groups is 2. The molecule has 9 nitrogen and oxygen atoms in total. The van der Waals surface area contributed by atoms with E-state index in [0.29, 0.717) is 24.0 Å². The van der Waals surface area contributed by atoms with Gasteiger partial charge in [0.25, 0.3) is 0 Å². The minimum atomic E-state index is -0.231. The molecule has 0 saturated carbocycles. The lowest BCUT2D eigenvalue weighted by Gasteiger charge is -2.31. The summed E-state index contributed by atoms with van der Waals surface area (Å²) in [6.07, 6.45) is -0.231. The number of benzene rings is 2. The highest BCUT2D eigenvalue weighted by atomic mass is 16.5. The second-order valence-electron chi connectivity index (χ2n) is 7.95. The number of methoxy groups -OCH3 is 2. The highest BCUT2D eigenvalue weighted by Crippen LogP contribution is 2.37. The Labute approximate surface area is 193 Å². The molecule has 2 aliphatic rings. The molecule has 33 heavy (non-hydrogen) atoms. The molecule has 1 amide bonds. The Morgan fingerprint density at radius 1 is 1.12 bits per heavy atom. The molecule has 4 rings (SSSR count). The Morgan fingerprint density at radius 2 is 1.85 bits per heavy atom. The molecule has 2 aromatic rings. The molecule has 0 aromatic heterocycles. The Kier molecular flexibility index (Phi) is 6.30. The number of nitrogens with zero attached hydrogens (tertiary/aromatic N) is 4. The third-order valence-electron chi connectivity index (χ3n) is 5.55. The van der Waals surface area contributed by atoms with Crippen LogP contribution in [0.3, 0.4) is 0 Å². The molecule has 2 unspecified atom stereocenters. The largest absolute Gasteiger partial charge is 0.493 e. The number of rotatable bonds is 6. The van der Waals surface area contributed by atoms with E-state index in [1.165, 1.54) is 6.92 Å². The quantitative estimate of drug-likeness (QED) is 0.706. The molecule has 2 atom stereocenters. The summed E-state index contributed by atoms with van der Waals surface area (Å²) in [4.78, 5) is 20.8. The van der Waals surface area contributed by atoms with Crippen molar-refractivity contribution in [2.75, 3.05) is 19.5 Å². The van der Waals surface area contributed by atoms with Crippen molar-refractivity contribution in [3.05, 3.63) is 53.6 Å². The van der Waals surface area contributed by atoms with Crippen molar-refractivity contribution in [1.82, 2.24) is 10.3 Å². The number of ether oxygens (including phenoxy) is 2. The number of nitrogens with one attached hydrogen (secondary N) is 2. The molecule has 2 aromatic carbocycles. The van der Waals surface area contributed by atoms with E-state index >= 15 is 0 Å². The number of hydrogen-bond acceptors (Lipinski definition) is 6. The first-order valence-electron chi connectivity index (χ1n) is 10.7. The number of fused-ring (bicyclic) bond motifs is 1. The maximum Gasteiger partial charge on any atom is 0.222 e. The molecule has 0 spiro atoms. The van der Waals surface area contributed by atoms with Gasteiger partial charge >= 0.3 is 0 Å². The molecule has 2 aliphatic heterocycles. The van der Waals surface area contributed by atoms with Crippen LogP contribution in [0.5, 0.6) is 11.5 Å². The van der Waals surface area contributed by atoms with Crippen LogP contribution in [-0.2, 0) is 11.3 Å². The zero-order chi connectivity index (χ0) is 23.5. The van der Waals surface area contributed by atoms with E-state index in [2.05, 4.69) is 10.6 Å². The number of amidine groups is 1. The van der Waals surface area contributed by atoms with Crippen LogP contribution < -0.4 is 20.1 Å². The van der Waals surface area contributed by atoms with Crippen LogP contribution in [0.4, 0.5) is 5.69 Å². The highest BCUT2D eigenvalue weighted by molar-refractivity contribution is 6.03. The van der Waals surface area contributed by atoms with Crippen molar-refractivity contribution in [1.29, 1.82) is 0 Å². The minimum absolute atomic E-state index is 0.0380. The number of guanidine groups is 1. The van der Waals surface area contributed by atoms with Gasteiger partial charge in [-0.05, 0) is 49.2 Å². The zero-order valence-electron chi connectivity index (χ0n) is 19.4. The van der Waals surface area contributed by atoms with Crippen LogP contribution in [-0.4, -0.2) is 48.8 Å². The van der Waals surface area contributed by atoms with Gasteiger partial charge in [0.05, 0.1) is 26.7 Å². The Balaban J connectivity index is 1.57. The second kappa shape index (κ2) is 9.32. The van der Waals surface area contributed by atoms with E-state index in [9.17, 15) is 4.79 Å². The van der Waals surface area contributed by atoms with Crippen LogP contribution in [0.25, 0.3) is 0 Å². The molecule has 0 aliphatic carbocycles. The average molecular weight is 449 g/mol. The first-order valence-corrected chi connectivity index (χ1v) is 10.7. The first-order chi connectivity index (χ1) is 15.9. The Hall–Kier alpha value is -3.88. The van der Waals surface area contributed by atoms with E-state index in [1.54, 1.807) is 14.2 Å². The smallest absolute Gasteiger partial charge is 0.222 e. The number of carbonyl (C=O) groups is 1. The highest BCUT2D eigenvalue weighted by Gasteiger charge is 2.41. The summed E-state index contributed by atoms with van der Waals surface area (Å²) in [5.74, 6) is 2.66. The topological polar surface area (TPSA) is 99.9 Å². The second-order valence-corrected chi connectivity index (χ2v) is 7.95. The zero-order valence-corrected chi connectivity index (χ0v) is 19.4. The van der Waals surface area contributed by atoms with Crippen LogP contribution in [0.2, 0.25) is 0 Å². The molecule has 2 N–H and O–H groups in total. The lowest BCUT2D eigenvalue weighted by Crippen LogP contribution is -2.49. The molecule has 172 valence electrons. The Morgan fingerprint density at radius 3 is 2.52 bits per heavy atom. The fourth-order valence-corrected chi connectivity index (χ4v) is 4.03. The van der Waals surface area contributed by atoms with E-state index < -0.39 is 0 Å². The Bertz CT molecular complexity index is 1140. The van der Waals surface area contributed by atoms with Gasteiger partial charge in [-0.3, -0.25) is 4.79 Å². The predicted octanol–water partition coefficient (Wildman–Crippen LogP) is 3.34. The van der Waals surface area contributed by atoms with Crippen molar-refractivity contribution in [3.63, 3.8) is 0 Å². The number of amides is 1. The van der Waals surface area contributed by atoms with Gasteiger partial charge in [0, 0.05) is 18.3 Å². The van der Waals surface area contributed by atoms with Crippen LogP contribution >= 0.6 is 0 Å². The monoisotopic (exact) mass is 448 g/mol. The third-order valence-corrected chi connectivity index (χ3v) is 5.55. The van der Waals surface area contributed by atoms with Gasteiger partial charge in [-0.2, -0.15) is 5.10 Å². The number of anilines is 1. The van der Waals surface area contributed by atoms with Crippen LogP contribution in [0.15, 0.2) is 57.6 Å². The van der Waals surface area contributed by atoms with E-state index in [1.807, 2.05) is 61.3 Å². The van der Waals surface area contributed by atoms with Crippen molar-refractivity contribution >= 4 is 29.1 Å². The van der Waals surface area contributed by atoms with Crippen LogP contribution in [0, 0.1) is 0 Å². The van der Waals surface area contributed by atoms with E-state index in [-0.39, 0.29) is 18.0 Å². The van der Waals surface area contributed by atoms with Crippen molar-refractivity contribution in [3.8, 4) is 11.5 Å². The summed E-state index contributed by atoms with van der Waals surface area (Å²) in [6.45, 7) is 5.88. The van der Waals surface area contributed by atoms with Gasteiger partial charge in [0.15, 0.2) is 17.7 Å². The maximum absolute atomic E-state index is 11.2. The molecule has 2 heterocycles. The molecule has 0 bridgehead atoms. The average Bonchev–Trinajstić information content (AvgIpc) is 3.13. The summed E-state index contributed by atoms with van der Waals surface area (Å²) in [5.41, 5.74) is 3.77.